The molecule has 0 aliphatic carbocycles. The minimum absolute atomic E-state index is 0.0270. The molecule has 0 saturated carbocycles. The van der Waals surface area contributed by atoms with E-state index in [1.54, 1.807) is 0 Å². The van der Waals surface area contributed by atoms with E-state index in [-0.39, 0.29) is 5.70 Å². The number of hydrogen-bond acceptors (Lipinski definition) is 4. The molecule has 1 aliphatic rings. The van der Waals surface area contributed by atoms with E-state index in [4.69, 9.17) is 0 Å². The predicted molar refractivity (Wildman–Crippen MR) is 62.2 cm³/mol. The van der Waals surface area contributed by atoms with E-state index in [1.165, 1.54) is 18.2 Å². The van der Waals surface area contributed by atoms with Crippen molar-refractivity contribution in [3.8, 4) is 5.75 Å². The first-order valence-corrected chi connectivity index (χ1v) is 5.76. The van der Waals surface area contributed by atoms with Gasteiger partial charge >= 0.3 is 6.36 Å². The van der Waals surface area contributed by atoms with E-state index in [0.29, 0.717) is 17.3 Å². The number of halogens is 3. The van der Waals surface area contributed by atoms with Crippen LogP contribution in [0, 0.1) is 0 Å². The number of rotatable bonds is 2. The predicted octanol–water partition coefficient (Wildman–Crippen LogP) is 2.91. The summed E-state index contributed by atoms with van der Waals surface area (Å²) in [6.45, 7) is 0. The van der Waals surface area contributed by atoms with Crippen molar-refractivity contribution >= 4 is 28.2 Å². The van der Waals surface area contributed by atoms with Crippen LogP contribution in [-0.2, 0) is 4.79 Å². The maximum atomic E-state index is 12.0. The molecule has 1 heterocycles. The maximum Gasteiger partial charge on any atom is 0.573 e. The van der Waals surface area contributed by atoms with Gasteiger partial charge in [-0.05, 0) is 23.8 Å². The average Bonchev–Trinajstić information content (AvgIpc) is 2.55. The third kappa shape index (κ3) is 3.75. The van der Waals surface area contributed by atoms with Crippen LogP contribution >= 0.6 is 11.8 Å². The maximum absolute atomic E-state index is 12.0. The van der Waals surface area contributed by atoms with Gasteiger partial charge in [-0.15, -0.1) is 13.2 Å². The summed E-state index contributed by atoms with van der Waals surface area (Å²) in [4.78, 5) is 22.2. The van der Waals surface area contributed by atoms with Gasteiger partial charge in [0.1, 0.15) is 5.75 Å². The van der Waals surface area contributed by atoms with Crippen LogP contribution in [0.4, 0.5) is 18.0 Å². The summed E-state index contributed by atoms with van der Waals surface area (Å²) in [5, 5.41) is 1.30. The normalized spacial score (nSPS) is 17.7. The monoisotopic (exact) mass is 289 g/mol. The molecule has 0 atom stereocenters. The minimum atomic E-state index is -4.78. The number of carbonyl (C=O) groups is 2. The van der Waals surface area contributed by atoms with Gasteiger partial charge in [0.15, 0.2) is 0 Å². The molecule has 1 fully saturated rings. The van der Waals surface area contributed by atoms with E-state index < -0.39 is 22.5 Å². The van der Waals surface area contributed by atoms with Crippen molar-refractivity contribution in [1.29, 1.82) is 0 Å². The molecule has 4 nitrogen and oxygen atoms in total. The Bertz CT molecular complexity index is 569. The van der Waals surface area contributed by atoms with Gasteiger partial charge in [-0.3, -0.25) is 9.59 Å². The Morgan fingerprint density at radius 1 is 1.26 bits per heavy atom. The molecule has 0 radical (unpaired) electrons. The van der Waals surface area contributed by atoms with E-state index >= 15 is 0 Å². The van der Waals surface area contributed by atoms with Crippen LogP contribution in [0.15, 0.2) is 30.0 Å². The molecule has 8 heteroatoms. The quantitative estimate of drug-likeness (QED) is 0.851. The zero-order valence-electron chi connectivity index (χ0n) is 9.15. The smallest absolute Gasteiger partial charge is 0.406 e. The highest BCUT2D eigenvalue weighted by atomic mass is 32.2. The molecular weight excluding hydrogens is 283 g/mol. The summed E-state index contributed by atoms with van der Waals surface area (Å²) >= 11 is 0.494. The Labute approximate surface area is 109 Å². The van der Waals surface area contributed by atoms with Crippen molar-refractivity contribution in [3.05, 3.63) is 35.5 Å². The van der Waals surface area contributed by atoms with E-state index in [9.17, 15) is 22.8 Å². The second-order valence-electron chi connectivity index (χ2n) is 3.48. The molecule has 0 bridgehead atoms. The van der Waals surface area contributed by atoms with Gasteiger partial charge in [-0.25, -0.2) is 0 Å². The summed E-state index contributed by atoms with van der Waals surface area (Å²) in [6.07, 6.45) is -3.50. The molecule has 1 aromatic rings. The first kappa shape index (κ1) is 13.5. The fourth-order valence-corrected chi connectivity index (χ4v) is 1.94. The number of amides is 1. The number of nitrogens with one attached hydrogen (secondary N) is 1. The highest BCUT2D eigenvalue weighted by Gasteiger charge is 2.31. The molecular formula is C11H6F3NO3S. The van der Waals surface area contributed by atoms with Gasteiger partial charge in [0, 0.05) is 11.8 Å². The SMILES string of the molecule is O=C1NC(=Cc2cccc(OC(F)(F)F)c2)C(=O)S1. The molecule has 0 aromatic heterocycles. The Balaban J connectivity index is 2.22. The first-order valence-electron chi connectivity index (χ1n) is 4.94. The number of carbonyl (C=O) groups excluding carboxylic acids is 2. The lowest BCUT2D eigenvalue weighted by atomic mass is 10.2. The molecule has 1 saturated heterocycles. The third-order valence-corrected chi connectivity index (χ3v) is 2.74. The number of benzene rings is 1. The largest absolute Gasteiger partial charge is 0.573 e. The minimum Gasteiger partial charge on any atom is -0.406 e. The van der Waals surface area contributed by atoms with Gasteiger partial charge in [-0.1, -0.05) is 12.1 Å². The standard InChI is InChI=1S/C11H6F3NO3S/c12-11(13,14)18-7-3-1-2-6(4-7)5-8-9(16)19-10(17)15-8/h1-5H,(H,15,17). The fraction of sp³-hybridized carbons (Fsp3) is 0.0909. The van der Waals surface area contributed by atoms with Crippen molar-refractivity contribution in [3.63, 3.8) is 0 Å². The molecule has 1 aromatic carbocycles. The highest BCUT2D eigenvalue weighted by Crippen LogP contribution is 2.25. The molecule has 1 N–H and O–H groups in total. The van der Waals surface area contributed by atoms with Gasteiger partial charge in [0.05, 0.1) is 5.70 Å². The van der Waals surface area contributed by atoms with Gasteiger partial charge in [0.2, 0.25) is 5.12 Å². The van der Waals surface area contributed by atoms with Crippen molar-refractivity contribution in [2.24, 2.45) is 0 Å². The molecule has 1 aliphatic heterocycles. The van der Waals surface area contributed by atoms with Crippen molar-refractivity contribution in [1.82, 2.24) is 5.32 Å². The third-order valence-electron chi connectivity index (χ3n) is 2.04. The van der Waals surface area contributed by atoms with Crippen LogP contribution in [0.25, 0.3) is 6.08 Å². The topological polar surface area (TPSA) is 55.4 Å². The highest BCUT2D eigenvalue weighted by molar-refractivity contribution is 8.27. The molecule has 0 spiro atoms. The van der Waals surface area contributed by atoms with Gasteiger partial charge < -0.3 is 10.1 Å². The Kier molecular flexibility index (Phi) is 3.52. The summed E-state index contributed by atoms with van der Waals surface area (Å²) in [5.74, 6) is -0.397. The summed E-state index contributed by atoms with van der Waals surface area (Å²) < 4.78 is 39.9. The summed E-state index contributed by atoms with van der Waals surface area (Å²) in [5.41, 5.74) is 0.340. The van der Waals surface area contributed by atoms with Crippen LogP contribution in [0.3, 0.4) is 0 Å². The Morgan fingerprint density at radius 2 is 2.00 bits per heavy atom. The van der Waals surface area contributed by atoms with Crippen LogP contribution < -0.4 is 10.1 Å². The van der Waals surface area contributed by atoms with Gasteiger partial charge in [-0.2, -0.15) is 0 Å². The van der Waals surface area contributed by atoms with E-state index in [1.807, 2.05) is 0 Å². The Hall–Kier alpha value is -1.96. The van der Waals surface area contributed by atoms with E-state index in [2.05, 4.69) is 10.1 Å². The first-order chi connectivity index (χ1) is 8.83. The van der Waals surface area contributed by atoms with Gasteiger partial charge in [0.25, 0.3) is 5.24 Å². The Morgan fingerprint density at radius 3 is 2.58 bits per heavy atom. The zero-order chi connectivity index (χ0) is 14.0. The van der Waals surface area contributed by atoms with Crippen LogP contribution in [0.5, 0.6) is 5.75 Å². The number of ether oxygens (including phenoxy) is 1. The molecule has 19 heavy (non-hydrogen) atoms. The van der Waals surface area contributed by atoms with Crippen molar-refractivity contribution < 1.29 is 27.5 Å². The molecule has 100 valence electrons. The lowest BCUT2D eigenvalue weighted by Gasteiger charge is -2.09. The van der Waals surface area contributed by atoms with Crippen LogP contribution in [0.2, 0.25) is 0 Å². The molecule has 0 unspecified atom stereocenters. The van der Waals surface area contributed by atoms with Crippen molar-refractivity contribution in [2.75, 3.05) is 0 Å². The summed E-state index contributed by atoms with van der Waals surface area (Å²) in [6, 6.07) is 5.09. The molecule has 1 amide bonds. The lowest BCUT2D eigenvalue weighted by Crippen LogP contribution is -2.17. The van der Waals surface area contributed by atoms with Crippen LogP contribution in [-0.4, -0.2) is 16.7 Å². The lowest BCUT2D eigenvalue weighted by molar-refractivity contribution is -0.274. The summed E-state index contributed by atoms with van der Waals surface area (Å²) in [7, 11) is 0. The average molecular weight is 289 g/mol. The number of alkyl halides is 3. The van der Waals surface area contributed by atoms with Crippen molar-refractivity contribution in [2.45, 2.75) is 6.36 Å². The second-order valence-corrected chi connectivity index (χ2v) is 4.43. The number of hydrogen-bond donors (Lipinski definition) is 1. The number of thioether (sulfide) groups is 1. The van der Waals surface area contributed by atoms with Crippen LogP contribution in [0.1, 0.15) is 5.56 Å². The molecule has 2 rings (SSSR count). The fourth-order valence-electron chi connectivity index (χ4n) is 1.39. The van der Waals surface area contributed by atoms with E-state index in [0.717, 1.165) is 12.1 Å². The zero-order valence-corrected chi connectivity index (χ0v) is 9.97. The second kappa shape index (κ2) is 4.96.